The van der Waals surface area contributed by atoms with E-state index < -0.39 is 5.91 Å². The van der Waals surface area contributed by atoms with Gasteiger partial charge in [-0.2, -0.15) is 0 Å². The highest BCUT2D eigenvalue weighted by Gasteiger charge is 2.06. The number of amides is 1. The molecule has 0 aliphatic rings. The highest BCUT2D eigenvalue weighted by atomic mass is 35.5. The first-order chi connectivity index (χ1) is 9.19. The van der Waals surface area contributed by atoms with E-state index in [0.717, 1.165) is 0 Å². The van der Waals surface area contributed by atoms with Crippen molar-refractivity contribution in [1.29, 1.82) is 0 Å². The highest BCUT2D eigenvalue weighted by molar-refractivity contribution is 6.30. The average molecular weight is 279 g/mol. The number of ether oxygens (including phenoxy) is 1. The van der Waals surface area contributed by atoms with E-state index in [1.807, 2.05) is 5.43 Å². The van der Waals surface area contributed by atoms with E-state index in [-0.39, 0.29) is 12.3 Å². The normalized spacial score (nSPS) is 10.0. The Kier molecular flexibility index (Phi) is 4.27. The second-order valence-corrected chi connectivity index (χ2v) is 4.05. The first-order valence-electron chi connectivity index (χ1n) is 5.39. The molecule has 0 fully saturated rings. The van der Waals surface area contributed by atoms with Gasteiger partial charge in [-0.1, -0.05) is 17.7 Å². The summed E-state index contributed by atoms with van der Waals surface area (Å²) in [5.74, 6) is 5.12. The third kappa shape index (κ3) is 3.64. The molecule has 7 heteroatoms. The van der Waals surface area contributed by atoms with Crippen molar-refractivity contribution in [2.45, 2.75) is 6.61 Å². The molecule has 0 bridgehead atoms. The monoisotopic (exact) mass is 278 g/mol. The first-order valence-corrected chi connectivity index (χ1v) is 5.77. The Morgan fingerprint density at radius 1 is 1.42 bits per heavy atom. The van der Waals surface area contributed by atoms with Crippen molar-refractivity contribution in [1.82, 2.24) is 15.4 Å². The van der Waals surface area contributed by atoms with Crippen LogP contribution in [0.3, 0.4) is 0 Å². The number of halogens is 1. The molecule has 0 saturated carbocycles. The van der Waals surface area contributed by atoms with Crippen LogP contribution in [0.1, 0.15) is 16.2 Å². The molecular weight excluding hydrogens is 268 g/mol. The Hall–Kier alpha value is -2.18. The Balaban J connectivity index is 2.05. The summed E-state index contributed by atoms with van der Waals surface area (Å²) in [6.07, 6.45) is 3.06. The summed E-state index contributed by atoms with van der Waals surface area (Å²) < 4.78 is 5.47. The van der Waals surface area contributed by atoms with Gasteiger partial charge in [0, 0.05) is 12.3 Å². The molecule has 0 aromatic carbocycles. The molecule has 19 heavy (non-hydrogen) atoms. The number of carbonyl (C=O) groups excluding carboxylic acids is 1. The number of hydrogen-bond acceptors (Lipinski definition) is 5. The van der Waals surface area contributed by atoms with E-state index in [0.29, 0.717) is 16.5 Å². The maximum Gasteiger partial charge on any atom is 0.283 e. The van der Waals surface area contributed by atoms with Crippen molar-refractivity contribution in [3.8, 4) is 5.75 Å². The number of hydrazine groups is 1. The summed E-state index contributed by atoms with van der Waals surface area (Å²) in [4.78, 5) is 19.3. The van der Waals surface area contributed by atoms with Crippen molar-refractivity contribution in [2.24, 2.45) is 5.84 Å². The van der Waals surface area contributed by atoms with Gasteiger partial charge in [0.2, 0.25) is 0 Å². The standard InChI is InChI=1S/C12H11ClN4O2/c13-8-4-10(6-15-5-8)19-7-9-2-1-3-11(16-9)12(18)17-14/h1-6H,7,14H2,(H,17,18). The van der Waals surface area contributed by atoms with E-state index in [4.69, 9.17) is 22.2 Å². The quantitative estimate of drug-likeness (QED) is 0.500. The van der Waals surface area contributed by atoms with Crippen LogP contribution in [-0.4, -0.2) is 15.9 Å². The van der Waals surface area contributed by atoms with Crippen LogP contribution in [0.5, 0.6) is 5.75 Å². The van der Waals surface area contributed by atoms with Gasteiger partial charge in [-0.15, -0.1) is 0 Å². The van der Waals surface area contributed by atoms with Crippen LogP contribution in [-0.2, 0) is 6.61 Å². The fraction of sp³-hybridized carbons (Fsp3) is 0.0833. The number of rotatable bonds is 4. The zero-order valence-electron chi connectivity index (χ0n) is 9.84. The molecule has 2 aromatic heterocycles. The molecule has 0 saturated heterocycles. The SMILES string of the molecule is NNC(=O)c1cccc(COc2cncc(Cl)c2)n1. The Morgan fingerprint density at radius 2 is 2.26 bits per heavy atom. The number of aromatic nitrogens is 2. The van der Waals surface area contributed by atoms with E-state index in [2.05, 4.69) is 9.97 Å². The van der Waals surface area contributed by atoms with E-state index in [9.17, 15) is 4.79 Å². The number of nitrogens with two attached hydrogens (primary N) is 1. The van der Waals surface area contributed by atoms with Gasteiger partial charge in [0.25, 0.3) is 5.91 Å². The topological polar surface area (TPSA) is 90.1 Å². The van der Waals surface area contributed by atoms with E-state index in [1.54, 1.807) is 30.5 Å². The van der Waals surface area contributed by atoms with Gasteiger partial charge >= 0.3 is 0 Å². The van der Waals surface area contributed by atoms with Crippen LogP contribution < -0.4 is 16.0 Å². The number of nitrogen functional groups attached to an aromatic ring is 1. The van der Waals surface area contributed by atoms with E-state index >= 15 is 0 Å². The summed E-state index contributed by atoms with van der Waals surface area (Å²) in [6, 6.07) is 6.65. The third-order valence-corrected chi connectivity index (χ3v) is 2.44. The number of pyridine rings is 2. The predicted octanol–water partition coefficient (Wildman–Crippen LogP) is 1.31. The van der Waals surface area contributed by atoms with Crippen LogP contribution in [0.15, 0.2) is 36.7 Å². The molecule has 1 amide bonds. The second-order valence-electron chi connectivity index (χ2n) is 3.62. The minimum Gasteiger partial charge on any atom is -0.486 e. The van der Waals surface area contributed by atoms with Gasteiger partial charge < -0.3 is 4.74 Å². The molecule has 0 spiro atoms. The van der Waals surface area contributed by atoms with Crippen molar-refractivity contribution in [3.63, 3.8) is 0 Å². The highest BCUT2D eigenvalue weighted by Crippen LogP contribution is 2.16. The van der Waals surface area contributed by atoms with Gasteiger partial charge in [0.05, 0.1) is 16.9 Å². The molecule has 0 radical (unpaired) electrons. The van der Waals surface area contributed by atoms with Crippen LogP contribution in [0.2, 0.25) is 5.02 Å². The fourth-order valence-corrected chi connectivity index (χ4v) is 1.55. The van der Waals surface area contributed by atoms with Crippen molar-refractivity contribution in [2.75, 3.05) is 0 Å². The van der Waals surface area contributed by atoms with Crippen LogP contribution in [0.4, 0.5) is 0 Å². The smallest absolute Gasteiger partial charge is 0.283 e. The lowest BCUT2D eigenvalue weighted by molar-refractivity contribution is 0.0948. The number of hydrogen-bond donors (Lipinski definition) is 2. The minimum absolute atomic E-state index is 0.202. The minimum atomic E-state index is -0.453. The number of nitrogens with one attached hydrogen (secondary N) is 1. The van der Waals surface area contributed by atoms with E-state index in [1.165, 1.54) is 6.20 Å². The Bertz CT molecular complexity index is 591. The lowest BCUT2D eigenvalue weighted by Crippen LogP contribution is -2.30. The van der Waals surface area contributed by atoms with Gasteiger partial charge in [-0.3, -0.25) is 15.2 Å². The molecule has 2 aromatic rings. The van der Waals surface area contributed by atoms with Crippen molar-refractivity contribution in [3.05, 3.63) is 53.1 Å². The molecule has 6 nitrogen and oxygen atoms in total. The molecule has 2 heterocycles. The number of nitrogens with zero attached hydrogens (tertiary/aromatic N) is 2. The lowest BCUT2D eigenvalue weighted by atomic mass is 10.3. The number of carbonyl (C=O) groups is 1. The molecule has 0 atom stereocenters. The molecular formula is C12H11ClN4O2. The molecule has 98 valence electrons. The van der Waals surface area contributed by atoms with Crippen LogP contribution in [0, 0.1) is 0 Å². The maximum atomic E-state index is 11.3. The van der Waals surface area contributed by atoms with Gasteiger partial charge in [-0.25, -0.2) is 10.8 Å². The molecule has 0 unspecified atom stereocenters. The summed E-state index contributed by atoms with van der Waals surface area (Å²) in [5.41, 5.74) is 2.85. The van der Waals surface area contributed by atoms with Crippen LogP contribution >= 0.6 is 11.6 Å². The Morgan fingerprint density at radius 3 is 3.00 bits per heavy atom. The Labute approximate surface area is 114 Å². The maximum absolute atomic E-state index is 11.3. The molecule has 3 N–H and O–H groups in total. The molecule has 2 rings (SSSR count). The molecule has 0 aliphatic carbocycles. The molecule has 0 aliphatic heterocycles. The predicted molar refractivity (Wildman–Crippen MR) is 69.5 cm³/mol. The average Bonchev–Trinajstić information content (AvgIpc) is 2.45. The van der Waals surface area contributed by atoms with Gasteiger partial charge in [0.15, 0.2) is 0 Å². The summed E-state index contributed by atoms with van der Waals surface area (Å²) >= 11 is 5.79. The lowest BCUT2D eigenvalue weighted by Gasteiger charge is -2.06. The summed E-state index contributed by atoms with van der Waals surface area (Å²) in [7, 11) is 0. The van der Waals surface area contributed by atoms with Crippen LogP contribution in [0.25, 0.3) is 0 Å². The summed E-state index contributed by atoms with van der Waals surface area (Å²) in [6.45, 7) is 0.202. The summed E-state index contributed by atoms with van der Waals surface area (Å²) in [5, 5.41) is 0.488. The third-order valence-electron chi connectivity index (χ3n) is 2.24. The zero-order valence-corrected chi connectivity index (χ0v) is 10.6. The van der Waals surface area contributed by atoms with Crippen molar-refractivity contribution < 1.29 is 9.53 Å². The zero-order chi connectivity index (χ0) is 13.7. The first kappa shape index (κ1) is 13.3. The fourth-order valence-electron chi connectivity index (χ4n) is 1.39. The largest absolute Gasteiger partial charge is 0.486 e. The van der Waals surface area contributed by atoms with Crippen molar-refractivity contribution >= 4 is 17.5 Å². The van der Waals surface area contributed by atoms with Gasteiger partial charge in [-0.05, 0) is 12.1 Å². The van der Waals surface area contributed by atoms with Gasteiger partial charge in [0.1, 0.15) is 18.1 Å². The second kappa shape index (κ2) is 6.12.